The average molecular weight is 474 g/mol. The largest absolute Gasteiger partial charge is 0.495 e. The van der Waals surface area contributed by atoms with Crippen LogP contribution in [0.15, 0.2) is 53.2 Å². The van der Waals surface area contributed by atoms with Gasteiger partial charge >= 0.3 is 0 Å². The lowest BCUT2D eigenvalue weighted by Gasteiger charge is -2.26. The highest BCUT2D eigenvalue weighted by Crippen LogP contribution is 2.37. The van der Waals surface area contributed by atoms with Gasteiger partial charge in [0.05, 0.1) is 12.8 Å². The van der Waals surface area contributed by atoms with E-state index < -0.39 is 11.8 Å². The molecular weight excluding hydrogens is 453 g/mol. The summed E-state index contributed by atoms with van der Waals surface area (Å²) in [5.74, 6) is -1.10. The number of nitrogens with one attached hydrogen (secondary N) is 1. The fourth-order valence-corrected chi connectivity index (χ4v) is 4.20. The van der Waals surface area contributed by atoms with E-state index in [2.05, 4.69) is 5.32 Å². The maximum atomic E-state index is 13.1. The molecule has 2 aromatic carbocycles. The molecule has 7 nitrogen and oxygen atoms in total. The van der Waals surface area contributed by atoms with Crippen molar-refractivity contribution in [1.29, 1.82) is 0 Å². The predicted molar refractivity (Wildman–Crippen MR) is 123 cm³/mol. The van der Waals surface area contributed by atoms with E-state index in [9.17, 15) is 14.4 Å². The van der Waals surface area contributed by atoms with Gasteiger partial charge in [-0.1, -0.05) is 29.3 Å². The molecule has 0 bridgehead atoms. The molecule has 0 spiro atoms. The normalized spacial score (nSPS) is 16.6. The van der Waals surface area contributed by atoms with E-state index >= 15 is 0 Å². The number of imide groups is 1. The maximum Gasteiger partial charge on any atom is 0.283 e. The summed E-state index contributed by atoms with van der Waals surface area (Å²) < 4.78 is 5.27. The monoisotopic (exact) mass is 473 g/mol. The average Bonchev–Trinajstić information content (AvgIpc) is 3.02. The molecule has 0 atom stereocenters. The van der Waals surface area contributed by atoms with Crippen molar-refractivity contribution in [2.75, 3.05) is 30.4 Å². The molecule has 1 saturated heterocycles. The number of likely N-dealkylation sites (tertiary alicyclic amines) is 1. The maximum absolute atomic E-state index is 13.1. The number of piperidine rings is 1. The van der Waals surface area contributed by atoms with Gasteiger partial charge in [-0.15, -0.1) is 0 Å². The highest BCUT2D eigenvalue weighted by molar-refractivity contribution is 6.53. The second-order valence-electron chi connectivity index (χ2n) is 7.51. The van der Waals surface area contributed by atoms with E-state index in [1.54, 1.807) is 36.4 Å². The van der Waals surface area contributed by atoms with Crippen LogP contribution in [0.5, 0.6) is 5.75 Å². The Balaban J connectivity index is 1.59. The van der Waals surface area contributed by atoms with Crippen molar-refractivity contribution in [1.82, 2.24) is 4.90 Å². The third-order valence-electron chi connectivity index (χ3n) is 5.43. The van der Waals surface area contributed by atoms with E-state index in [4.69, 9.17) is 27.9 Å². The molecule has 2 aromatic rings. The third kappa shape index (κ3) is 4.18. The summed E-state index contributed by atoms with van der Waals surface area (Å²) in [7, 11) is 1.43. The number of nitrogens with zero attached hydrogens (tertiary/aromatic N) is 2. The quantitative estimate of drug-likeness (QED) is 0.650. The zero-order chi connectivity index (χ0) is 22.8. The second kappa shape index (κ2) is 9.22. The number of hydrogen-bond donors (Lipinski definition) is 1. The molecule has 2 heterocycles. The van der Waals surface area contributed by atoms with Crippen LogP contribution in [0, 0.1) is 0 Å². The van der Waals surface area contributed by atoms with Crippen LogP contribution in [0.4, 0.5) is 11.4 Å². The Labute approximate surface area is 195 Å². The van der Waals surface area contributed by atoms with E-state index in [0.29, 0.717) is 22.0 Å². The van der Waals surface area contributed by atoms with E-state index in [-0.39, 0.29) is 22.3 Å². The lowest BCUT2D eigenvalue weighted by molar-refractivity contribution is -0.120. The van der Waals surface area contributed by atoms with Gasteiger partial charge in [0.1, 0.15) is 16.5 Å². The van der Waals surface area contributed by atoms with E-state index in [1.165, 1.54) is 13.2 Å². The molecule has 4 rings (SSSR count). The molecule has 3 amide bonds. The van der Waals surface area contributed by atoms with Crippen LogP contribution in [0.2, 0.25) is 5.02 Å². The van der Waals surface area contributed by atoms with Gasteiger partial charge in [0.25, 0.3) is 17.7 Å². The molecular formula is C23H21Cl2N3O4. The predicted octanol–water partition coefficient (Wildman–Crippen LogP) is 4.41. The summed E-state index contributed by atoms with van der Waals surface area (Å²) in [5, 5.41) is 2.99. The minimum atomic E-state index is -0.694. The number of methoxy groups -OCH3 is 1. The molecule has 2 aliphatic heterocycles. The Hall–Kier alpha value is -3.03. The number of anilines is 2. The topological polar surface area (TPSA) is 79.0 Å². The number of carbonyl (C=O) groups excluding carboxylic acids is 3. The van der Waals surface area contributed by atoms with Crippen LogP contribution in [0.3, 0.4) is 0 Å². The summed E-state index contributed by atoms with van der Waals surface area (Å²) >= 11 is 12.3. The lowest BCUT2D eigenvalue weighted by Crippen LogP contribution is -2.35. The van der Waals surface area contributed by atoms with Gasteiger partial charge in [-0.05, 0) is 55.7 Å². The Morgan fingerprint density at radius 2 is 1.75 bits per heavy atom. The van der Waals surface area contributed by atoms with Crippen LogP contribution < -0.4 is 15.0 Å². The molecule has 1 fully saturated rings. The van der Waals surface area contributed by atoms with Crippen molar-refractivity contribution in [2.24, 2.45) is 0 Å². The molecule has 2 aliphatic rings. The van der Waals surface area contributed by atoms with Gasteiger partial charge in [-0.25, -0.2) is 4.90 Å². The third-order valence-corrected chi connectivity index (χ3v) is 6.02. The molecule has 0 aromatic heterocycles. The first kappa shape index (κ1) is 22.2. The van der Waals surface area contributed by atoms with Crippen molar-refractivity contribution >= 4 is 52.3 Å². The first-order valence-electron chi connectivity index (χ1n) is 10.2. The first-order chi connectivity index (χ1) is 15.4. The Morgan fingerprint density at radius 1 is 1.00 bits per heavy atom. The number of rotatable bonds is 5. The minimum absolute atomic E-state index is 0.0625. The zero-order valence-electron chi connectivity index (χ0n) is 17.4. The molecule has 0 saturated carbocycles. The molecule has 32 heavy (non-hydrogen) atoms. The zero-order valence-corrected chi connectivity index (χ0v) is 18.9. The van der Waals surface area contributed by atoms with E-state index in [0.717, 1.165) is 37.3 Å². The first-order valence-corrected chi connectivity index (χ1v) is 10.9. The Bertz CT molecular complexity index is 1130. The van der Waals surface area contributed by atoms with Crippen molar-refractivity contribution in [3.8, 4) is 5.75 Å². The molecule has 0 unspecified atom stereocenters. The molecule has 9 heteroatoms. The summed E-state index contributed by atoms with van der Waals surface area (Å²) in [6.07, 6.45) is 3.11. The van der Waals surface area contributed by atoms with Crippen LogP contribution in [0.25, 0.3) is 0 Å². The van der Waals surface area contributed by atoms with Crippen LogP contribution in [-0.4, -0.2) is 42.8 Å². The minimum Gasteiger partial charge on any atom is -0.495 e. The number of ether oxygens (including phenoxy) is 1. The summed E-state index contributed by atoms with van der Waals surface area (Å²) in [6.45, 7) is 1.47. The van der Waals surface area contributed by atoms with Crippen molar-refractivity contribution in [3.63, 3.8) is 0 Å². The van der Waals surface area contributed by atoms with Crippen molar-refractivity contribution in [3.05, 3.63) is 63.8 Å². The number of benzene rings is 2. The standard InChI is InChI=1S/C23H21Cl2N3O4/c1-32-18-9-8-15(24)13-17(18)28-22(30)19(25)20(23(28)31)26-16-7-5-6-14(12-16)21(29)27-10-3-2-4-11-27/h5-9,12-13,26H,2-4,10-11H2,1H3. The summed E-state index contributed by atoms with van der Waals surface area (Å²) in [4.78, 5) is 41.5. The van der Waals surface area contributed by atoms with Gasteiger partial charge in [-0.2, -0.15) is 0 Å². The Morgan fingerprint density at radius 3 is 2.47 bits per heavy atom. The van der Waals surface area contributed by atoms with Crippen LogP contribution in [-0.2, 0) is 9.59 Å². The highest BCUT2D eigenvalue weighted by atomic mass is 35.5. The fourth-order valence-electron chi connectivity index (χ4n) is 3.82. The van der Waals surface area contributed by atoms with Crippen molar-refractivity contribution in [2.45, 2.75) is 19.3 Å². The van der Waals surface area contributed by atoms with E-state index in [1.807, 2.05) is 4.90 Å². The molecule has 0 radical (unpaired) electrons. The summed E-state index contributed by atoms with van der Waals surface area (Å²) in [5.41, 5.74) is 1.08. The number of halogens is 2. The molecule has 1 N–H and O–H groups in total. The van der Waals surface area contributed by atoms with Gasteiger partial charge in [0.15, 0.2) is 0 Å². The lowest BCUT2D eigenvalue weighted by atomic mass is 10.1. The highest BCUT2D eigenvalue weighted by Gasteiger charge is 2.40. The number of amides is 3. The fraction of sp³-hybridized carbons (Fsp3) is 0.261. The SMILES string of the molecule is COc1ccc(Cl)cc1N1C(=O)C(Cl)=C(Nc2cccc(C(=O)N3CCCCC3)c2)C1=O. The van der Waals surface area contributed by atoms with Crippen LogP contribution >= 0.6 is 23.2 Å². The van der Waals surface area contributed by atoms with Gasteiger partial charge in [0.2, 0.25) is 0 Å². The smallest absolute Gasteiger partial charge is 0.283 e. The van der Waals surface area contributed by atoms with Crippen LogP contribution in [0.1, 0.15) is 29.6 Å². The van der Waals surface area contributed by atoms with Gasteiger partial charge in [0, 0.05) is 29.4 Å². The Kier molecular flexibility index (Phi) is 6.39. The second-order valence-corrected chi connectivity index (χ2v) is 8.32. The number of carbonyl (C=O) groups is 3. The number of hydrogen-bond acceptors (Lipinski definition) is 5. The molecule has 0 aliphatic carbocycles. The van der Waals surface area contributed by atoms with Gasteiger partial charge in [-0.3, -0.25) is 14.4 Å². The summed E-state index contributed by atoms with van der Waals surface area (Å²) in [6, 6.07) is 11.4. The van der Waals surface area contributed by atoms with Crippen molar-refractivity contribution < 1.29 is 19.1 Å². The molecule has 166 valence electrons. The van der Waals surface area contributed by atoms with Gasteiger partial charge < -0.3 is 15.0 Å².